The first-order valence-electron chi connectivity index (χ1n) is 21.3. The molecule has 0 spiro atoms. The van der Waals surface area contributed by atoms with Crippen molar-refractivity contribution in [2.45, 2.75) is 12.8 Å². The molecular formula is C57H36N4S. The van der Waals surface area contributed by atoms with Crippen LogP contribution in [-0.2, 0) is 6.42 Å². The first-order valence-corrected chi connectivity index (χ1v) is 22.1. The van der Waals surface area contributed by atoms with E-state index in [4.69, 9.17) is 15.0 Å². The van der Waals surface area contributed by atoms with Crippen LogP contribution in [0.5, 0.6) is 0 Å². The Morgan fingerprint density at radius 2 is 0.952 bits per heavy atom. The van der Waals surface area contributed by atoms with E-state index in [-0.39, 0.29) is 0 Å². The minimum absolute atomic E-state index is 0.621. The van der Waals surface area contributed by atoms with Crippen molar-refractivity contribution in [1.29, 1.82) is 0 Å². The Kier molecular flexibility index (Phi) is 7.87. The summed E-state index contributed by atoms with van der Waals surface area (Å²) in [5.74, 6) is 1.89. The van der Waals surface area contributed by atoms with E-state index < -0.39 is 0 Å². The zero-order valence-corrected chi connectivity index (χ0v) is 34.4. The van der Waals surface area contributed by atoms with Crippen LogP contribution in [0, 0.1) is 0 Å². The van der Waals surface area contributed by atoms with Crippen molar-refractivity contribution in [3.05, 3.63) is 199 Å². The standard InChI is InChI=1S/C57H36N4S/c1-3-17-35(18-4-1)55-58-56(36-19-5-2-6-20-36)60-57(59-55)48-33-46-39-23-9-7-21-37(39)38-22-8-10-24-40(38)47(46)34-51(48)61-49-30-13-11-26-45(49)53-42(27-16-31-50(53)61)44-29-15-28-43-41-25-12-14-32-52(41)62-54(43)44/h1-13,15-31,33-34H,14,32H2. The average molecular weight is 809 g/mol. The number of aryl methyl sites for hydroxylation is 1. The van der Waals surface area contributed by atoms with Crippen LogP contribution < -0.4 is 0 Å². The number of fused-ring (bicyclic) bond motifs is 12. The maximum atomic E-state index is 5.37. The minimum atomic E-state index is 0.621. The third-order valence-corrected chi connectivity index (χ3v) is 14.0. The molecule has 13 rings (SSSR count). The smallest absolute Gasteiger partial charge is 0.166 e. The number of allylic oxidation sites excluding steroid dienone is 1. The van der Waals surface area contributed by atoms with Gasteiger partial charge >= 0.3 is 0 Å². The molecule has 3 heterocycles. The molecule has 4 nitrogen and oxygen atoms in total. The van der Waals surface area contributed by atoms with Crippen molar-refractivity contribution in [2.75, 3.05) is 0 Å². The highest BCUT2D eigenvalue weighted by molar-refractivity contribution is 7.20. The predicted molar refractivity (Wildman–Crippen MR) is 261 cm³/mol. The third kappa shape index (κ3) is 5.35. The number of benzene rings is 9. The molecule has 12 aromatic rings. The van der Waals surface area contributed by atoms with Crippen molar-refractivity contribution in [1.82, 2.24) is 19.5 Å². The summed E-state index contributed by atoms with van der Waals surface area (Å²) in [7, 11) is 0. The lowest BCUT2D eigenvalue weighted by Gasteiger charge is -2.18. The molecule has 0 radical (unpaired) electrons. The van der Waals surface area contributed by atoms with Gasteiger partial charge in [0.25, 0.3) is 0 Å². The third-order valence-electron chi connectivity index (χ3n) is 12.7. The van der Waals surface area contributed by atoms with Crippen LogP contribution in [0.2, 0.25) is 0 Å². The monoisotopic (exact) mass is 808 g/mol. The van der Waals surface area contributed by atoms with E-state index in [1.807, 2.05) is 47.7 Å². The van der Waals surface area contributed by atoms with Crippen LogP contribution >= 0.6 is 11.3 Å². The van der Waals surface area contributed by atoms with Gasteiger partial charge in [0.1, 0.15) is 0 Å². The highest BCUT2D eigenvalue weighted by Gasteiger charge is 2.24. The maximum Gasteiger partial charge on any atom is 0.166 e. The van der Waals surface area contributed by atoms with E-state index in [0.717, 1.165) is 51.6 Å². The lowest BCUT2D eigenvalue weighted by molar-refractivity contribution is 1.02. The summed E-state index contributed by atoms with van der Waals surface area (Å²) in [6, 6.07) is 65.4. The summed E-state index contributed by atoms with van der Waals surface area (Å²) in [6.45, 7) is 0. The second-order valence-corrected chi connectivity index (χ2v) is 17.3. The van der Waals surface area contributed by atoms with Crippen LogP contribution in [0.3, 0.4) is 0 Å². The lowest BCUT2D eigenvalue weighted by Crippen LogP contribution is -2.04. The first kappa shape index (κ1) is 35.1. The molecule has 0 unspecified atom stereocenters. The molecule has 0 saturated carbocycles. The van der Waals surface area contributed by atoms with E-state index in [1.165, 1.54) is 69.4 Å². The van der Waals surface area contributed by atoms with Crippen molar-refractivity contribution in [3.8, 4) is 51.0 Å². The van der Waals surface area contributed by atoms with Crippen LogP contribution in [0.4, 0.5) is 0 Å². The van der Waals surface area contributed by atoms with E-state index >= 15 is 0 Å². The summed E-state index contributed by atoms with van der Waals surface area (Å²) in [6.07, 6.45) is 6.84. The van der Waals surface area contributed by atoms with Crippen molar-refractivity contribution >= 4 is 81.6 Å². The minimum Gasteiger partial charge on any atom is -0.308 e. The van der Waals surface area contributed by atoms with E-state index in [9.17, 15) is 0 Å². The molecule has 1 aliphatic rings. The average Bonchev–Trinajstić information content (AvgIpc) is 3.90. The van der Waals surface area contributed by atoms with Crippen LogP contribution in [0.15, 0.2) is 188 Å². The first-order chi connectivity index (χ1) is 30.8. The molecule has 0 bridgehead atoms. The zero-order valence-electron chi connectivity index (χ0n) is 33.6. The van der Waals surface area contributed by atoms with E-state index in [1.54, 1.807) is 0 Å². The molecule has 0 N–H and O–H groups in total. The van der Waals surface area contributed by atoms with Gasteiger partial charge in [-0.25, -0.2) is 15.0 Å². The number of aromatic nitrogens is 4. The molecule has 5 heteroatoms. The summed E-state index contributed by atoms with van der Waals surface area (Å²) >= 11 is 1.96. The lowest BCUT2D eigenvalue weighted by atomic mass is 9.92. The van der Waals surface area contributed by atoms with Crippen LogP contribution in [0.25, 0.3) is 121 Å². The van der Waals surface area contributed by atoms with Gasteiger partial charge < -0.3 is 4.57 Å². The highest BCUT2D eigenvalue weighted by atomic mass is 32.1. The number of hydrogen-bond donors (Lipinski definition) is 0. The molecule has 62 heavy (non-hydrogen) atoms. The van der Waals surface area contributed by atoms with Gasteiger partial charge in [-0.3, -0.25) is 0 Å². The molecule has 3 aromatic heterocycles. The van der Waals surface area contributed by atoms with Crippen LogP contribution in [0.1, 0.15) is 16.9 Å². The van der Waals surface area contributed by atoms with Crippen LogP contribution in [-0.4, -0.2) is 19.5 Å². The Morgan fingerprint density at radius 3 is 1.65 bits per heavy atom. The quantitative estimate of drug-likeness (QED) is 0.163. The zero-order chi connectivity index (χ0) is 40.7. The van der Waals surface area contributed by atoms with Gasteiger partial charge in [-0.1, -0.05) is 170 Å². The van der Waals surface area contributed by atoms with Gasteiger partial charge in [0, 0.05) is 48.0 Å². The molecule has 290 valence electrons. The molecule has 9 aromatic carbocycles. The fourth-order valence-electron chi connectivity index (χ4n) is 9.92. The molecule has 1 aliphatic carbocycles. The van der Waals surface area contributed by atoms with Gasteiger partial charge in [-0.2, -0.15) is 0 Å². The Balaban J connectivity index is 1.17. The predicted octanol–water partition coefficient (Wildman–Crippen LogP) is 15.3. The normalized spacial score (nSPS) is 12.6. The Bertz CT molecular complexity index is 3750. The van der Waals surface area contributed by atoms with Crippen molar-refractivity contribution in [2.24, 2.45) is 0 Å². The van der Waals surface area contributed by atoms with Gasteiger partial charge in [0.15, 0.2) is 17.5 Å². The Morgan fingerprint density at radius 1 is 0.419 bits per heavy atom. The number of nitrogens with zero attached hydrogens (tertiary/aromatic N) is 4. The Hall–Kier alpha value is -7.73. The van der Waals surface area contributed by atoms with Gasteiger partial charge in [-0.05, 0) is 80.6 Å². The largest absolute Gasteiger partial charge is 0.308 e. The SMILES string of the molecule is C1=Cc2c(sc3c(-c4cccc5c4c4ccccc4n5-c4cc5c6ccccc6c6ccccc6c5cc4-c4nc(-c5ccccc5)nc(-c5ccccc5)n4)cccc23)CC1. The second kappa shape index (κ2) is 13.9. The topological polar surface area (TPSA) is 43.6 Å². The maximum absolute atomic E-state index is 5.37. The van der Waals surface area contributed by atoms with Crippen molar-refractivity contribution in [3.63, 3.8) is 0 Å². The Labute approximate surface area is 361 Å². The summed E-state index contributed by atoms with van der Waals surface area (Å²) < 4.78 is 3.81. The molecular weight excluding hydrogens is 773 g/mol. The fraction of sp³-hybridized carbons (Fsp3) is 0.0351. The van der Waals surface area contributed by atoms with Gasteiger partial charge in [0.2, 0.25) is 0 Å². The van der Waals surface area contributed by atoms with Gasteiger partial charge in [-0.15, -0.1) is 11.3 Å². The molecule has 0 aliphatic heterocycles. The number of rotatable bonds is 5. The second-order valence-electron chi connectivity index (χ2n) is 16.2. The fourth-order valence-corrected chi connectivity index (χ4v) is 11.2. The van der Waals surface area contributed by atoms with E-state index in [0.29, 0.717) is 17.5 Å². The highest BCUT2D eigenvalue weighted by Crippen LogP contribution is 2.47. The molecule has 0 atom stereocenters. The van der Waals surface area contributed by atoms with Gasteiger partial charge in [0.05, 0.1) is 16.7 Å². The number of para-hydroxylation sites is 1. The summed E-state index contributed by atoms with van der Waals surface area (Å²) in [5.41, 5.74) is 9.98. The number of hydrogen-bond acceptors (Lipinski definition) is 4. The van der Waals surface area contributed by atoms with E-state index in [2.05, 4.69) is 162 Å². The molecule has 0 amide bonds. The van der Waals surface area contributed by atoms with Crippen molar-refractivity contribution < 1.29 is 0 Å². The summed E-state index contributed by atoms with van der Waals surface area (Å²) in [4.78, 5) is 17.3. The molecule has 0 fully saturated rings. The molecule has 0 saturated heterocycles. The summed E-state index contributed by atoms with van der Waals surface area (Å²) in [5, 5.41) is 11.0. The number of thiophene rings is 1.